The number of carbonyl (C=O) groups is 1. The van der Waals surface area contributed by atoms with E-state index < -0.39 is 12.1 Å². The summed E-state index contributed by atoms with van der Waals surface area (Å²) in [6.45, 7) is 4.62. The van der Waals surface area contributed by atoms with Crippen molar-refractivity contribution in [1.29, 1.82) is 0 Å². The van der Waals surface area contributed by atoms with Gasteiger partial charge in [-0.1, -0.05) is 19.4 Å². The van der Waals surface area contributed by atoms with Gasteiger partial charge in [-0.2, -0.15) is 0 Å². The van der Waals surface area contributed by atoms with Crippen molar-refractivity contribution in [2.75, 3.05) is 20.3 Å². The zero-order valence-corrected chi connectivity index (χ0v) is 17.7. The molecule has 162 valence electrons. The van der Waals surface area contributed by atoms with Crippen LogP contribution in [0, 0.1) is 0 Å². The first-order valence-corrected chi connectivity index (χ1v) is 10.2. The third kappa shape index (κ3) is 4.08. The van der Waals surface area contributed by atoms with Crippen LogP contribution in [0.5, 0.6) is 17.2 Å². The van der Waals surface area contributed by atoms with E-state index in [2.05, 4.69) is 0 Å². The van der Waals surface area contributed by atoms with Crippen molar-refractivity contribution in [1.82, 2.24) is 0 Å². The van der Waals surface area contributed by atoms with Crippen LogP contribution in [-0.4, -0.2) is 32.4 Å². The highest BCUT2D eigenvalue weighted by Gasteiger charge is 2.20. The van der Waals surface area contributed by atoms with Gasteiger partial charge in [-0.15, -0.1) is 0 Å². The van der Waals surface area contributed by atoms with Crippen molar-refractivity contribution < 1.29 is 28.2 Å². The summed E-state index contributed by atoms with van der Waals surface area (Å²) in [5, 5.41) is 0.453. The zero-order valence-electron chi connectivity index (χ0n) is 17.7. The second-order valence-corrected chi connectivity index (χ2v) is 7.33. The molecule has 0 saturated heterocycles. The number of esters is 1. The van der Waals surface area contributed by atoms with Crippen LogP contribution < -0.4 is 19.6 Å². The highest BCUT2D eigenvalue weighted by molar-refractivity contribution is 5.84. The van der Waals surface area contributed by atoms with Crippen LogP contribution in [0.2, 0.25) is 0 Å². The molecule has 1 aromatic heterocycles. The minimum atomic E-state index is -0.776. The largest absolute Gasteiger partial charge is 0.486 e. The smallest absolute Gasteiger partial charge is 0.346 e. The zero-order chi connectivity index (χ0) is 22.0. The molecule has 3 aromatic rings. The van der Waals surface area contributed by atoms with E-state index in [1.165, 1.54) is 13.4 Å². The molecule has 31 heavy (non-hydrogen) atoms. The molecule has 1 aliphatic heterocycles. The highest BCUT2D eigenvalue weighted by Crippen LogP contribution is 2.35. The Morgan fingerprint density at radius 2 is 1.90 bits per heavy atom. The molecular weight excluding hydrogens is 400 g/mol. The average Bonchev–Trinajstić information content (AvgIpc) is 2.79. The minimum Gasteiger partial charge on any atom is -0.486 e. The molecule has 0 spiro atoms. The van der Waals surface area contributed by atoms with E-state index in [0.29, 0.717) is 59.0 Å². The Labute approximate surface area is 179 Å². The lowest BCUT2D eigenvalue weighted by Crippen LogP contribution is -2.25. The molecule has 7 heteroatoms. The van der Waals surface area contributed by atoms with Gasteiger partial charge in [0.05, 0.1) is 18.1 Å². The van der Waals surface area contributed by atoms with E-state index >= 15 is 0 Å². The van der Waals surface area contributed by atoms with Crippen LogP contribution in [0.1, 0.15) is 25.8 Å². The number of rotatable bonds is 6. The fourth-order valence-electron chi connectivity index (χ4n) is 3.59. The maximum atomic E-state index is 13.3. The second kappa shape index (κ2) is 8.71. The number of hydrogen-bond donors (Lipinski definition) is 0. The molecule has 0 N–H and O–H groups in total. The summed E-state index contributed by atoms with van der Waals surface area (Å²) in [4.78, 5) is 25.1. The quantitative estimate of drug-likeness (QED) is 0.550. The van der Waals surface area contributed by atoms with Gasteiger partial charge in [0.2, 0.25) is 5.43 Å². The topological polar surface area (TPSA) is 84.2 Å². The van der Waals surface area contributed by atoms with E-state index in [4.69, 9.17) is 23.4 Å². The van der Waals surface area contributed by atoms with Crippen LogP contribution >= 0.6 is 0 Å². The summed E-state index contributed by atoms with van der Waals surface area (Å²) >= 11 is 0. The van der Waals surface area contributed by atoms with Gasteiger partial charge >= 0.3 is 5.97 Å². The summed E-state index contributed by atoms with van der Waals surface area (Å²) in [6, 6.07) is 8.84. The van der Waals surface area contributed by atoms with E-state index in [1.807, 2.05) is 13.0 Å². The summed E-state index contributed by atoms with van der Waals surface area (Å²) in [7, 11) is 1.31. The van der Waals surface area contributed by atoms with Gasteiger partial charge in [0.25, 0.3) is 0 Å². The molecule has 1 aliphatic rings. The fourth-order valence-corrected chi connectivity index (χ4v) is 3.59. The lowest BCUT2D eigenvalue weighted by molar-refractivity contribution is -0.147. The Kier molecular flexibility index (Phi) is 5.84. The summed E-state index contributed by atoms with van der Waals surface area (Å²) in [6.07, 6.45) is 2.19. The predicted octanol–water partition coefficient (Wildman–Crippen LogP) is 4.12. The lowest BCUT2D eigenvalue weighted by atomic mass is 10.0. The van der Waals surface area contributed by atoms with Gasteiger partial charge in [0, 0.05) is 6.07 Å². The number of methoxy groups -OCH3 is 1. The van der Waals surface area contributed by atoms with Crippen molar-refractivity contribution in [3.05, 3.63) is 52.4 Å². The molecule has 0 bridgehead atoms. The number of hydrogen-bond acceptors (Lipinski definition) is 7. The van der Waals surface area contributed by atoms with Crippen molar-refractivity contribution in [2.45, 2.75) is 32.8 Å². The Morgan fingerprint density at radius 3 is 2.65 bits per heavy atom. The van der Waals surface area contributed by atoms with Gasteiger partial charge in [0.1, 0.15) is 30.8 Å². The lowest BCUT2D eigenvalue weighted by Gasteiger charge is -2.19. The van der Waals surface area contributed by atoms with Crippen LogP contribution in [0.3, 0.4) is 0 Å². The maximum absolute atomic E-state index is 13.3. The van der Waals surface area contributed by atoms with Gasteiger partial charge in [0.15, 0.2) is 17.6 Å². The second-order valence-electron chi connectivity index (χ2n) is 7.33. The molecular formula is C24H24O7. The average molecular weight is 424 g/mol. The van der Waals surface area contributed by atoms with Crippen LogP contribution in [0.4, 0.5) is 0 Å². The maximum Gasteiger partial charge on any atom is 0.346 e. The van der Waals surface area contributed by atoms with Crippen molar-refractivity contribution in [3.63, 3.8) is 0 Å². The van der Waals surface area contributed by atoms with Gasteiger partial charge in [-0.05, 0) is 42.7 Å². The number of aryl methyl sites for hydroxylation is 1. The van der Waals surface area contributed by atoms with E-state index in [1.54, 1.807) is 31.2 Å². The van der Waals surface area contributed by atoms with Gasteiger partial charge in [-0.3, -0.25) is 4.79 Å². The number of carbonyl (C=O) groups excluding carboxylic acids is 1. The van der Waals surface area contributed by atoms with Crippen molar-refractivity contribution in [2.24, 2.45) is 0 Å². The molecule has 0 saturated carbocycles. The molecule has 0 amide bonds. The molecule has 0 fully saturated rings. The predicted molar refractivity (Wildman–Crippen MR) is 115 cm³/mol. The molecule has 2 heterocycles. The van der Waals surface area contributed by atoms with Crippen molar-refractivity contribution in [3.8, 4) is 28.4 Å². The highest BCUT2D eigenvalue weighted by atomic mass is 16.6. The molecule has 7 nitrogen and oxygen atoms in total. The molecule has 0 aliphatic carbocycles. The fraction of sp³-hybridized carbons (Fsp3) is 0.333. The van der Waals surface area contributed by atoms with Gasteiger partial charge < -0.3 is 23.4 Å². The van der Waals surface area contributed by atoms with E-state index in [0.717, 1.165) is 12.0 Å². The third-order valence-electron chi connectivity index (χ3n) is 5.17. The monoisotopic (exact) mass is 424 g/mol. The summed E-state index contributed by atoms with van der Waals surface area (Å²) in [5.74, 6) is 1.29. The Morgan fingerprint density at radius 1 is 1.13 bits per heavy atom. The van der Waals surface area contributed by atoms with Gasteiger partial charge in [-0.25, -0.2) is 4.79 Å². The molecule has 4 rings (SSSR count). The van der Waals surface area contributed by atoms with E-state index in [9.17, 15) is 9.59 Å². The first kappa shape index (κ1) is 20.8. The SMILES string of the molecule is CCCc1cc2c(=O)c(-c3ccc4c(c3)OCCO4)coc2cc1O[C@H](C)C(=O)OC. The van der Waals surface area contributed by atoms with Crippen LogP contribution in [0.15, 0.2) is 45.8 Å². The summed E-state index contributed by atoms with van der Waals surface area (Å²) < 4.78 is 27.5. The minimum absolute atomic E-state index is 0.150. The number of ether oxygens (including phenoxy) is 4. The Hall–Kier alpha value is -3.48. The third-order valence-corrected chi connectivity index (χ3v) is 5.17. The van der Waals surface area contributed by atoms with Crippen molar-refractivity contribution >= 4 is 16.9 Å². The number of benzene rings is 2. The Bertz CT molecular complexity index is 1180. The first-order valence-electron chi connectivity index (χ1n) is 10.2. The Balaban J connectivity index is 1.78. The molecule has 2 aromatic carbocycles. The molecule has 0 unspecified atom stereocenters. The summed E-state index contributed by atoms with van der Waals surface area (Å²) in [5.41, 5.74) is 2.19. The molecule has 1 atom stereocenters. The first-order chi connectivity index (χ1) is 15.0. The van der Waals surface area contributed by atoms with Crippen LogP contribution in [0.25, 0.3) is 22.1 Å². The normalized spacial score (nSPS) is 13.6. The number of fused-ring (bicyclic) bond motifs is 2. The van der Waals surface area contributed by atoms with Crippen LogP contribution in [-0.2, 0) is 16.0 Å². The standard InChI is InChI=1S/C24H24O7/c1-4-5-16-10-17-21(12-20(16)31-14(2)24(26)27-3)30-13-18(23(17)25)15-6-7-19-22(11-15)29-9-8-28-19/h6-7,10-14H,4-5,8-9H2,1-3H3/t14-/m1/s1. The molecule has 0 radical (unpaired) electrons. The van der Waals surface area contributed by atoms with E-state index in [-0.39, 0.29) is 5.43 Å².